The number of piperazine rings is 1. The number of piperidine rings is 1. The van der Waals surface area contributed by atoms with Crippen LogP contribution in [-0.2, 0) is 9.53 Å². The number of carbonyl (C=O) groups excluding carboxylic acids is 2. The van der Waals surface area contributed by atoms with Gasteiger partial charge < -0.3 is 14.5 Å². The van der Waals surface area contributed by atoms with Gasteiger partial charge in [-0.2, -0.15) is 10.4 Å². The molecule has 13 heteroatoms. The molecule has 1 aromatic carbocycles. The number of ether oxygens (including phenoxy) is 1. The number of anilines is 1. The molecule has 2 amide bonds. The highest BCUT2D eigenvalue weighted by molar-refractivity contribution is 6.35. The van der Waals surface area contributed by atoms with E-state index in [1.807, 2.05) is 38.7 Å². The lowest BCUT2D eigenvalue weighted by Gasteiger charge is -2.41. The van der Waals surface area contributed by atoms with Crippen molar-refractivity contribution in [1.82, 2.24) is 29.5 Å². The molecule has 2 fully saturated rings. The molecular weight excluding hydrogens is 579 g/mol. The predicted octanol–water partition coefficient (Wildman–Crippen LogP) is 5.05. The van der Waals surface area contributed by atoms with Crippen LogP contribution in [0.3, 0.4) is 0 Å². The van der Waals surface area contributed by atoms with E-state index in [1.54, 1.807) is 27.9 Å². The predicted molar refractivity (Wildman–Crippen MR) is 160 cm³/mol. The molecule has 2 saturated heterocycles. The van der Waals surface area contributed by atoms with Gasteiger partial charge in [-0.05, 0) is 64.7 Å². The fraction of sp³-hybridized carbons (Fsp3) is 0.517. The Morgan fingerprint density at radius 3 is 2.52 bits per heavy atom. The van der Waals surface area contributed by atoms with Gasteiger partial charge in [-0.25, -0.2) is 19.4 Å². The van der Waals surface area contributed by atoms with Crippen molar-refractivity contribution in [2.75, 3.05) is 37.6 Å². The minimum Gasteiger partial charge on any atom is -0.444 e. The number of amides is 2. The third-order valence-corrected chi connectivity index (χ3v) is 8.17. The van der Waals surface area contributed by atoms with Crippen LogP contribution in [0.4, 0.5) is 10.6 Å². The largest absolute Gasteiger partial charge is 0.444 e. The van der Waals surface area contributed by atoms with E-state index in [9.17, 15) is 14.9 Å². The van der Waals surface area contributed by atoms with Crippen molar-refractivity contribution in [3.8, 4) is 6.07 Å². The number of nitrogens with zero attached hydrogens (tertiary/aromatic N) is 8. The first kappa shape index (κ1) is 29.9. The number of aromatic nitrogens is 4. The summed E-state index contributed by atoms with van der Waals surface area (Å²) in [4.78, 5) is 41.3. The van der Waals surface area contributed by atoms with Crippen LogP contribution in [0.25, 0.3) is 11.2 Å². The molecule has 42 heavy (non-hydrogen) atoms. The monoisotopic (exact) mass is 612 g/mol. The van der Waals surface area contributed by atoms with Gasteiger partial charge >= 0.3 is 6.09 Å². The Labute approximate surface area is 254 Å². The first-order valence-corrected chi connectivity index (χ1v) is 14.9. The average Bonchev–Trinajstić information content (AvgIpc) is 3.34. The molecule has 0 aliphatic carbocycles. The van der Waals surface area contributed by atoms with E-state index in [2.05, 4.69) is 21.1 Å². The number of carbonyl (C=O) groups is 2. The summed E-state index contributed by atoms with van der Waals surface area (Å²) in [6.45, 7) is 9.97. The number of benzene rings is 1. The molecule has 0 saturated carbocycles. The van der Waals surface area contributed by atoms with Crippen molar-refractivity contribution in [1.29, 1.82) is 5.26 Å². The van der Waals surface area contributed by atoms with Crippen LogP contribution in [0.2, 0.25) is 10.0 Å². The summed E-state index contributed by atoms with van der Waals surface area (Å²) in [5.41, 5.74) is 1.22. The molecule has 2 aromatic heterocycles. The maximum Gasteiger partial charge on any atom is 0.410 e. The molecule has 3 aromatic rings. The standard InChI is InChI=1S/C29H34Cl2N8O3/c1-18(20-9-8-19(30)15-21(20)31)39-26-25(22(16-32)35-39)33-17-24(34-26)36-11-13-37(14-12-36)27(40)23-7-5-6-10-38(23)28(41)42-29(2,3)4/h8-9,15,17-18,23H,5-7,10-14H2,1-4H3. The second kappa shape index (κ2) is 11.9. The van der Waals surface area contributed by atoms with Crippen molar-refractivity contribution in [3.05, 3.63) is 45.7 Å². The maximum atomic E-state index is 13.6. The zero-order valence-electron chi connectivity index (χ0n) is 24.2. The van der Waals surface area contributed by atoms with Gasteiger partial charge in [0.15, 0.2) is 11.3 Å². The highest BCUT2D eigenvalue weighted by atomic mass is 35.5. The summed E-state index contributed by atoms with van der Waals surface area (Å²) < 4.78 is 7.24. The summed E-state index contributed by atoms with van der Waals surface area (Å²) in [6.07, 6.45) is 3.57. The van der Waals surface area contributed by atoms with E-state index < -0.39 is 17.7 Å². The normalized spacial score (nSPS) is 18.6. The van der Waals surface area contributed by atoms with Gasteiger partial charge in [0.2, 0.25) is 5.91 Å². The Kier molecular flexibility index (Phi) is 8.49. The number of likely N-dealkylation sites (tertiary alicyclic amines) is 1. The van der Waals surface area contributed by atoms with Crippen molar-refractivity contribution in [3.63, 3.8) is 0 Å². The Morgan fingerprint density at radius 2 is 1.86 bits per heavy atom. The van der Waals surface area contributed by atoms with Gasteiger partial charge in [0.05, 0.1) is 12.2 Å². The van der Waals surface area contributed by atoms with Crippen molar-refractivity contribution < 1.29 is 14.3 Å². The molecule has 4 heterocycles. The highest BCUT2D eigenvalue weighted by Gasteiger charge is 2.38. The summed E-state index contributed by atoms with van der Waals surface area (Å²) in [5.74, 6) is 0.579. The number of hydrogen-bond acceptors (Lipinski definition) is 8. The molecule has 2 unspecified atom stereocenters. The molecule has 2 aliphatic heterocycles. The minimum atomic E-state index is -0.627. The van der Waals surface area contributed by atoms with Crippen LogP contribution in [0.5, 0.6) is 0 Å². The number of halogens is 2. The second-order valence-corrected chi connectivity index (χ2v) is 12.5. The summed E-state index contributed by atoms with van der Waals surface area (Å²) in [6, 6.07) is 6.52. The summed E-state index contributed by atoms with van der Waals surface area (Å²) in [5, 5.41) is 15.2. The van der Waals surface area contributed by atoms with E-state index in [0.717, 1.165) is 18.4 Å². The molecule has 11 nitrogen and oxygen atoms in total. The highest BCUT2D eigenvalue weighted by Crippen LogP contribution is 2.31. The van der Waals surface area contributed by atoms with Gasteiger partial charge in [-0.15, -0.1) is 0 Å². The second-order valence-electron chi connectivity index (χ2n) is 11.6. The summed E-state index contributed by atoms with van der Waals surface area (Å²) >= 11 is 12.6. The minimum absolute atomic E-state index is 0.0489. The molecule has 222 valence electrons. The fourth-order valence-corrected chi connectivity index (χ4v) is 6.03. The van der Waals surface area contributed by atoms with Gasteiger partial charge in [0, 0.05) is 42.8 Å². The van der Waals surface area contributed by atoms with Crippen LogP contribution < -0.4 is 4.90 Å². The Bertz CT molecular complexity index is 1540. The quantitative estimate of drug-likeness (QED) is 0.401. The number of nitriles is 1. The van der Waals surface area contributed by atoms with Crippen molar-refractivity contribution in [2.24, 2.45) is 0 Å². The van der Waals surface area contributed by atoms with Gasteiger partial charge in [-0.1, -0.05) is 29.3 Å². The van der Waals surface area contributed by atoms with E-state index in [-0.39, 0.29) is 17.6 Å². The van der Waals surface area contributed by atoms with Gasteiger partial charge in [0.1, 0.15) is 29.0 Å². The van der Waals surface area contributed by atoms with E-state index in [1.165, 1.54) is 0 Å². The zero-order valence-corrected chi connectivity index (χ0v) is 25.7. The van der Waals surface area contributed by atoms with Crippen LogP contribution in [0.1, 0.15) is 64.3 Å². The molecule has 0 N–H and O–H groups in total. The molecule has 2 atom stereocenters. The van der Waals surface area contributed by atoms with Crippen LogP contribution in [0, 0.1) is 11.3 Å². The van der Waals surface area contributed by atoms with Crippen molar-refractivity contribution >= 4 is 52.2 Å². The molecule has 0 spiro atoms. The first-order chi connectivity index (χ1) is 20.0. The Balaban J connectivity index is 1.32. The number of rotatable bonds is 4. The fourth-order valence-electron chi connectivity index (χ4n) is 5.46. The average molecular weight is 614 g/mol. The van der Waals surface area contributed by atoms with Gasteiger partial charge in [-0.3, -0.25) is 9.69 Å². The van der Waals surface area contributed by atoms with E-state index in [4.69, 9.17) is 32.9 Å². The smallest absolute Gasteiger partial charge is 0.410 e. The molecule has 5 rings (SSSR count). The molecular formula is C29H34Cl2N8O3. The topological polar surface area (TPSA) is 120 Å². The first-order valence-electron chi connectivity index (χ1n) is 14.1. The number of fused-ring (bicyclic) bond motifs is 1. The Hall–Kier alpha value is -3.62. The Morgan fingerprint density at radius 1 is 1.12 bits per heavy atom. The SMILES string of the molecule is CC(c1ccc(Cl)cc1Cl)n1nc(C#N)c2ncc(N3CCN(C(=O)C4CCCCN4C(=O)OC(C)(C)C)CC3)nc21. The van der Waals surface area contributed by atoms with Crippen LogP contribution in [-0.4, -0.2) is 85.9 Å². The molecule has 2 aliphatic rings. The third kappa shape index (κ3) is 6.10. The number of hydrogen-bond donors (Lipinski definition) is 0. The lowest BCUT2D eigenvalue weighted by atomic mass is 10.0. The lowest BCUT2D eigenvalue weighted by Crippen LogP contribution is -2.57. The van der Waals surface area contributed by atoms with Crippen molar-refractivity contribution in [2.45, 2.75) is 64.6 Å². The maximum absolute atomic E-state index is 13.6. The molecule has 0 bridgehead atoms. The van der Waals surface area contributed by atoms with Crippen LogP contribution in [0.15, 0.2) is 24.4 Å². The zero-order chi connectivity index (χ0) is 30.2. The van der Waals surface area contributed by atoms with E-state index in [0.29, 0.717) is 66.2 Å². The third-order valence-electron chi connectivity index (χ3n) is 7.61. The van der Waals surface area contributed by atoms with E-state index >= 15 is 0 Å². The van der Waals surface area contributed by atoms with Gasteiger partial charge in [0.25, 0.3) is 0 Å². The van der Waals surface area contributed by atoms with Crippen LogP contribution >= 0.6 is 23.2 Å². The summed E-state index contributed by atoms with van der Waals surface area (Å²) in [7, 11) is 0. The molecule has 0 radical (unpaired) electrons. The lowest BCUT2D eigenvalue weighted by molar-refractivity contribution is -0.138.